The van der Waals surface area contributed by atoms with Crippen molar-refractivity contribution in [3.8, 4) is 0 Å². The van der Waals surface area contributed by atoms with Crippen LogP contribution in [-0.4, -0.2) is 65.2 Å². The highest BCUT2D eigenvalue weighted by atomic mass is 16.5. The molecule has 1 aromatic rings. The number of pyridine rings is 1. The number of carbonyl (C=O) groups excluding carboxylic acids is 1. The summed E-state index contributed by atoms with van der Waals surface area (Å²) >= 11 is 0. The van der Waals surface area contributed by atoms with E-state index in [4.69, 9.17) is 4.74 Å². The lowest BCUT2D eigenvalue weighted by atomic mass is 10.0. The number of aryl methyl sites for hydroxylation is 1. The van der Waals surface area contributed by atoms with Gasteiger partial charge >= 0.3 is 0 Å². The van der Waals surface area contributed by atoms with Crippen molar-refractivity contribution in [3.63, 3.8) is 0 Å². The molecule has 0 N–H and O–H groups in total. The number of amides is 1. The second kappa shape index (κ2) is 7.07. The summed E-state index contributed by atoms with van der Waals surface area (Å²) in [6, 6.07) is 4.18. The van der Waals surface area contributed by atoms with Gasteiger partial charge in [-0.25, -0.2) is 0 Å². The fourth-order valence-corrected chi connectivity index (χ4v) is 3.76. The molecule has 6 nitrogen and oxygen atoms in total. The summed E-state index contributed by atoms with van der Waals surface area (Å²) in [5.41, 5.74) is 0.897. The van der Waals surface area contributed by atoms with E-state index in [2.05, 4.69) is 11.8 Å². The van der Waals surface area contributed by atoms with E-state index < -0.39 is 0 Å². The minimum Gasteiger partial charge on any atom is -0.378 e. The van der Waals surface area contributed by atoms with Crippen LogP contribution in [0.15, 0.2) is 16.9 Å². The Morgan fingerprint density at radius 2 is 2.08 bits per heavy atom. The maximum absolute atomic E-state index is 12.8. The van der Waals surface area contributed by atoms with E-state index in [1.54, 1.807) is 13.1 Å². The maximum atomic E-state index is 12.8. The minimum atomic E-state index is -0.216. The number of aromatic nitrogens is 1. The molecule has 2 aliphatic heterocycles. The topological polar surface area (TPSA) is 54.8 Å². The van der Waals surface area contributed by atoms with Gasteiger partial charge in [-0.05, 0) is 25.5 Å². The van der Waals surface area contributed by atoms with Gasteiger partial charge in [0.25, 0.3) is 11.5 Å². The molecular weight excluding hydrogens is 306 g/mol. The first kappa shape index (κ1) is 17.2. The first-order valence-electron chi connectivity index (χ1n) is 8.82. The first-order chi connectivity index (χ1) is 11.5. The third-order valence-corrected chi connectivity index (χ3v) is 5.31. The molecule has 0 unspecified atom stereocenters. The zero-order valence-electron chi connectivity index (χ0n) is 14.8. The molecule has 6 heteroatoms. The van der Waals surface area contributed by atoms with E-state index in [1.807, 2.05) is 17.9 Å². The van der Waals surface area contributed by atoms with Crippen LogP contribution in [0.5, 0.6) is 0 Å². The summed E-state index contributed by atoms with van der Waals surface area (Å²) in [5.74, 6) is -0.159. The van der Waals surface area contributed by atoms with Crippen LogP contribution in [-0.2, 0) is 11.8 Å². The molecule has 0 aliphatic carbocycles. The Hall–Kier alpha value is -1.66. The van der Waals surface area contributed by atoms with Gasteiger partial charge in [-0.15, -0.1) is 0 Å². The first-order valence-corrected chi connectivity index (χ1v) is 8.82. The number of ether oxygens (including phenoxy) is 1. The van der Waals surface area contributed by atoms with Crippen molar-refractivity contribution in [3.05, 3.63) is 33.7 Å². The fraction of sp³-hybridized carbons (Fsp3) is 0.667. The molecule has 2 atom stereocenters. The lowest BCUT2D eigenvalue weighted by molar-refractivity contribution is -0.0776. The van der Waals surface area contributed by atoms with Gasteiger partial charge in [0.05, 0.1) is 19.3 Å². The molecule has 0 spiro atoms. The van der Waals surface area contributed by atoms with Crippen LogP contribution >= 0.6 is 0 Å². The van der Waals surface area contributed by atoms with Gasteiger partial charge in [0, 0.05) is 38.4 Å². The average Bonchev–Trinajstić information content (AvgIpc) is 2.59. The predicted molar refractivity (Wildman–Crippen MR) is 92.3 cm³/mol. The van der Waals surface area contributed by atoms with Crippen LogP contribution in [0.3, 0.4) is 0 Å². The van der Waals surface area contributed by atoms with Crippen LogP contribution < -0.4 is 5.56 Å². The van der Waals surface area contributed by atoms with Gasteiger partial charge in [-0.1, -0.05) is 13.3 Å². The smallest absolute Gasteiger partial charge is 0.263 e. The van der Waals surface area contributed by atoms with Crippen molar-refractivity contribution in [1.82, 2.24) is 14.4 Å². The number of hydrogen-bond acceptors (Lipinski definition) is 4. The molecule has 1 amide bonds. The fourth-order valence-electron chi connectivity index (χ4n) is 3.76. The molecule has 24 heavy (non-hydrogen) atoms. The number of nitrogens with zero attached hydrogens (tertiary/aromatic N) is 3. The summed E-state index contributed by atoms with van der Waals surface area (Å²) in [5, 5.41) is 0. The second-order valence-electron chi connectivity index (χ2n) is 6.88. The average molecular weight is 333 g/mol. The van der Waals surface area contributed by atoms with Crippen molar-refractivity contribution < 1.29 is 9.53 Å². The summed E-state index contributed by atoms with van der Waals surface area (Å²) in [4.78, 5) is 29.5. The number of rotatable bonds is 3. The molecule has 0 aromatic carbocycles. The van der Waals surface area contributed by atoms with Crippen LogP contribution in [0, 0.1) is 6.92 Å². The molecule has 2 fully saturated rings. The van der Waals surface area contributed by atoms with Gasteiger partial charge in [0.2, 0.25) is 0 Å². The van der Waals surface area contributed by atoms with Crippen molar-refractivity contribution >= 4 is 5.91 Å². The van der Waals surface area contributed by atoms with Gasteiger partial charge in [0.15, 0.2) is 0 Å². The molecule has 3 rings (SSSR count). The standard InChI is InChI=1S/C18H27N3O3/c1-4-5-14-11-24-12-15-10-20(8-9-21(14)15)18(23)16-7-6-13(2)19(3)17(16)22/h6-7,14-15H,4-5,8-12H2,1-3H3/t14-,15+/m0/s1. The van der Waals surface area contributed by atoms with Gasteiger partial charge < -0.3 is 14.2 Å². The van der Waals surface area contributed by atoms with E-state index in [9.17, 15) is 9.59 Å². The number of fused-ring (bicyclic) bond motifs is 1. The van der Waals surface area contributed by atoms with E-state index in [1.165, 1.54) is 4.57 Å². The zero-order valence-corrected chi connectivity index (χ0v) is 14.8. The summed E-state index contributed by atoms with van der Waals surface area (Å²) in [6.07, 6.45) is 2.27. The van der Waals surface area contributed by atoms with Crippen molar-refractivity contribution in [1.29, 1.82) is 0 Å². The highest BCUT2D eigenvalue weighted by Gasteiger charge is 2.37. The number of carbonyl (C=O) groups is 1. The molecule has 132 valence electrons. The Labute approximate surface area is 143 Å². The monoisotopic (exact) mass is 333 g/mol. The van der Waals surface area contributed by atoms with Gasteiger partial charge in [0.1, 0.15) is 5.56 Å². The highest BCUT2D eigenvalue weighted by molar-refractivity contribution is 5.94. The lowest BCUT2D eigenvalue weighted by Crippen LogP contribution is -2.62. The van der Waals surface area contributed by atoms with Gasteiger partial charge in [-0.3, -0.25) is 14.5 Å². The molecule has 0 radical (unpaired) electrons. The Morgan fingerprint density at radius 3 is 2.83 bits per heavy atom. The maximum Gasteiger partial charge on any atom is 0.263 e. The molecular formula is C18H27N3O3. The van der Waals surface area contributed by atoms with E-state index in [0.29, 0.717) is 25.7 Å². The summed E-state index contributed by atoms with van der Waals surface area (Å²) in [7, 11) is 1.71. The minimum absolute atomic E-state index is 0.159. The van der Waals surface area contributed by atoms with Crippen LogP contribution in [0.25, 0.3) is 0 Å². The van der Waals surface area contributed by atoms with Crippen LogP contribution in [0.2, 0.25) is 0 Å². The van der Waals surface area contributed by atoms with Crippen molar-refractivity contribution in [2.45, 2.75) is 38.8 Å². The Kier molecular flexibility index (Phi) is 5.06. The molecule has 1 aromatic heterocycles. The Morgan fingerprint density at radius 1 is 1.29 bits per heavy atom. The van der Waals surface area contributed by atoms with Gasteiger partial charge in [-0.2, -0.15) is 0 Å². The molecule has 3 heterocycles. The Balaban J connectivity index is 1.75. The summed E-state index contributed by atoms with van der Waals surface area (Å²) in [6.45, 7) is 7.67. The lowest BCUT2D eigenvalue weighted by Gasteiger charge is -2.48. The zero-order chi connectivity index (χ0) is 17.3. The normalized spacial score (nSPS) is 24.7. The van der Waals surface area contributed by atoms with Crippen LogP contribution in [0.1, 0.15) is 35.8 Å². The molecule has 2 saturated heterocycles. The number of piperazine rings is 1. The molecule has 0 saturated carbocycles. The predicted octanol–water partition coefficient (Wildman–Crippen LogP) is 1.02. The van der Waals surface area contributed by atoms with E-state index in [0.717, 1.165) is 31.7 Å². The van der Waals surface area contributed by atoms with Crippen molar-refractivity contribution in [2.75, 3.05) is 32.8 Å². The molecule has 2 aliphatic rings. The quantitative estimate of drug-likeness (QED) is 0.829. The third-order valence-electron chi connectivity index (χ3n) is 5.31. The third kappa shape index (κ3) is 3.13. The highest BCUT2D eigenvalue weighted by Crippen LogP contribution is 2.22. The number of morpholine rings is 1. The van der Waals surface area contributed by atoms with E-state index >= 15 is 0 Å². The summed E-state index contributed by atoms with van der Waals surface area (Å²) < 4.78 is 7.28. The van der Waals surface area contributed by atoms with Crippen molar-refractivity contribution in [2.24, 2.45) is 7.05 Å². The number of hydrogen-bond donors (Lipinski definition) is 0. The molecule has 0 bridgehead atoms. The Bertz CT molecular complexity index is 668. The second-order valence-corrected chi connectivity index (χ2v) is 6.88. The SMILES string of the molecule is CCC[C@H]1COC[C@H]2CN(C(=O)c3ccc(C)n(C)c3=O)CCN12. The van der Waals surface area contributed by atoms with E-state index in [-0.39, 0.29) is 23.1 Å². The largest absolute Gasteiger partial charge is 0.378 e. The van der Waals surface area contributed by atoms with Crippen LogP contribution in [0.4, 0.5) is 0 Å².